The van der Waals surface area contributed by atoms with Gasteiger partial charge in [-0.05, 0) is 31.5 Å². The third-order valence-corrected chi connectivity index (χ3v) is 2.96. The molecule has 1 aromatic carbocycles. The summed E-state index contributed by atoms with van der Waals surface area (Å²) in [7, 11) is 0. The van der Waals surface area contributed by atoms with Crippen molar-refractivity contribution in [3.8, 4) is 0 Å². The maximum atomic E-state index is 12.8. The van der Waals surface area contributed by atoms with Crippen LogP contribution in [0.3, 0.4) is 0 Å². The Kier molecular flexibility index (Phi) is 5.28. The van der Waals surface area contributed by atoms with E-state index in [1.807, 2.05) is 13.8 Å². The molecular weight excluding hydrogens is 233 g/mol. The van der Waals surface area contributed by atoms with Crippen LogP contribution in [0.4, 0.5) is 4.39 Å². The molecule has 0 fully saturated rings. The van der Waals surface area contributed by atoms with Gasteiger partial charge in [0.05, 0.1) is 5.92 Å². The second-order valence-electron chi connectivity index (χ2n) is 4.89. The van der Waals surface area contributed by atoms with Crippen LogP contribution in [0.2, 0.25) is 0 Å². The van der Waals surface area contributed by atoms with E-state index < -0.39 is 11.9 Å². The van der Waals surface area contributed by atoms with Gasteiger partial charge >= 0.3 is 5.97 Å². The Morgan fingerprint density at radius 2 is 1.83 bits per heavy atom. The molecule has 0 heterocycles. The van der Waals surface area contributed by atoms with Gasteiger partial charge in [0, 0.05) is 19.1 Å². The number of carboxylic acid groups (broad SMARTS) is 1. The van der Waals surface area contributed by atoms with Crippen molar-refractivity contribution in [3.05, 3.63) is 35.6 Å². The van der Waals surface area contributed by atoms with E-state index >= 15 is 0 Å². The Morgan fingerprint density at radius 1 is 1.28 bits per heavy atom. The van der Waals surface area contributed by atoms with Crippen molar-refractivity contribution in [2.24, 2.45) is 5.92 Å². The Bertz CT molecular complexity index is 389. The van der Waals surface area contributed by atoms with E-state index in [0.29, 0.717) is 13.1 Å². The van der Waals surface area contributed by atoms with E-state index in [9.17, 15) is 9.18 Å². The maximum absolute atomic E-state index is 12.8. The lowest BCUT2D eigenvalue weighted by molar-refractivity contribution is -0.141. The minimum atomic E-state index is -0.792. The lowest BCUT2D eigenvalue weighted by atomic mass is 10.1. The van der Waals surface area contributed by atoms with Crippen LogP contribution in [0.5, 0.6) is 0 Å². The summed E-state index contributed by atoms with van der Waals surface area (Å²) in [6.45, 7) is 6.87. The first-order chi connectivity index (χ1) is 8.40. The van der Waals surface area contributed by atoms with Crippen molar-refractivity contribution in [2.45, 2.75) is 33.4 Å². The SMILES string of the molecule is CC(CN(Cc1ccc(F)cc1)C(C)C)C(=O)O. The molecule has 0 saturated heterocycles. The predicted octanol–water partition coefficient (Wildman–Crippen LogP) is 2.76. The van der Waals surface area contributed by atoms with E-state index in [2.05, 4.69) is 4.90 Å². The third kappa shape index (κ3) is 4.45. The maximum Gasteiger partial charge on any atom is 0.307 e. The Hall–Kier alpha value is -1.42. The van der Waals surface area contributed by atoms with Crippen molar-refractivity contribution in [2.75, 3.05) is 6.54 Å². The summed E-state index contributed by atoms with van der Waals surface area (Å²) in [6.07, 6.45) is 0. The summed E-state index contributed by atoms with van der Waals surface area (Å²) < 4.78 is 12.8. The number of carboxylic acids is 1. The number of carbonyl (C=O) groups is 1. The lowest BCUT2D eigenvalue weighted by Crippen LogP contribution is -2.36. The largest absolute Gasteiger partial charge is 0.481 e. The molecule has 0 bridgehead atoms. The highest BCUT2D eigenvalue weighted by Crippen LogP contribution is 2.12. The molecule has 100 valence electrons. The number of nitrogens with zero attached hydrogens (tertiary/aromatic N) is 1. The van der Waals surface area contributed by atoms with Crippen LogP contribution < -0.4 is 0 Å². The van der Waals surface area contributed by atoms with Gasteiger partial charge in [-0.2, -0.15) is 0 Å². The van der Waals surface area contributed by atoms with Gasteiger partial charge in [0.15, 0.2) is 0 Å². The molecule has 1 atom stereocenters. The number of benzene rings is 1. The first-order valence-corrected chi connectivity index (χ1v) is 6.11. The van der Waals surface area contributed by atoms with E-state index in [1.165, 1.54) is 12.1 Å². The van der Waals surface area contributed by atoms with Crippen LogP contribution in [0.25, 0.3) is 0 Å². The summed E-state index contributed by atoms with van der Waals surface area (Å²) in [5.74, 6) is -1.46. The molecule has 3 nitrogen and oxygen atoms in total. The molecule has 0 amide bonds. The zero-order chi connectivity index (χ0) is 13.7. The number of aliphatic carboxylic acids is 1. The normalized spacial score (nSPS) is 13.0. The van der Waals surface area contributed by atoms with Crippen LogP contribution in [-0.2, 0) is 11.3 Å². The van der Waals surface area contributed by atoms with Gasteiger partial charge in [0.25, 0.3) is 0 Å². The lowest BCUT2D eigenvalue weighted by Gasteiger charge is -2.28. The van der Waals surface area contributed by atoms with Crippen LogP contribution in [0, 0.1) is 11.7 Å². The molecule has 0 aliphatic rings. The fourth-order valence-corrected chi connectivity index (χ4v) is 1.71. The molecule has 0 radical (unpaired) electrons. The van der Waals surface area contributed by atoms with Crippen molar-refractivity contribution < 1.29 is 14.3 Å². The second kappa shape index (κ2) is 6.50. The zero-order valence-corrected chi connectivity index (χ0v) is 11.1. The van der Waals surface area contributed by atoms with E-state index in [4.69, 9.17) is 5.11 Å². The minimum absolute atomic E-state index is 0.247. The predicted molar refractivity (Wildman–Crippen MR) is 68.7 cm³/mol. The van der Waals surface area contributed by atoms with Crippen molar-refractivity contribution in [3.63, 3.8) is 0 Å². The number of hydrogen-bond donors (Lipinski definition) is 1. The molecule has 1 N–H and O–H groups in total. The standard InChI is InChI=1S/C14H20FNO2/c1-10(2)16(8-11(3)14(17)18)9-12-4-6-13(15)7-5-12/h4-7,10-11H,8-9H2,1-3H3,(H,17,18). The number of halogens is 1. The summed E-state index contributed by atoms with van der Waals surface area (Å²) in [5, 5.41) is 8.94. The van der Waals surface area contributed by atoms with Crippen LogP contribution in [0.1, 0.15) is 26.3 Å². The molecule has 18 heavy (non-hydrogen) atoms. The highest BCUT2D eigenvalue weighted by Gasteiger charge is 2.18. The average molecular weight is 253 g/mol. The zero-order valence-electron chi connectivity index (χ0n) is 11.1. The Balaban J connectivity index is 2.68. The summed E-state index contributed by atoms with van der Waals surface area (Å²) in [4.78, 5) is 13.0. The minimum Gasteiger partial charge on any atom is -0.481 e. The van der Waals surface area contributed by atoms with E-state index in [-0.39, 0.29) is 11.9 Å². The molecule has 0 saturated carbocycles. The molecule has 1 aromatic rings. The van der Waals surface area contributed by atoms with Crippen LogP contribution in [-0.4, -0.2) is 28.6 Å². The number of hydrogen-bond acceptors (Lipinski definition) is 2. The highest BCUT2D eigenvalue weighted by atomic mass is 19.1. The van der Waals surface area contributed by atoms with E-state index in [0.717, 1.165) is 5.56 Å². The monoisotopic (exact) mass is 253 g/mol. The van der Waals surface area contributed by atoms with Gasteiger partial charge < -0.3 is 5.11 Å². The van der Waals surface area contributed by atoms with Gasteiger partial charge in [0.1, 0.15) is 5.82 Å². The van der Waals surface area contributed by atoms with Gasteiger partial charge in [-0.3, -0.25) is 9.69 Å². The first kappa shape index (κ1) is 14.6. The summed E-state index contributed by atoms with van der Waals surface area (Å²) in [5.41, 5.74) is 0.989. The molecular formula is C14H20FNO2. The van der Waals surface area contributed by atoms with Crippen molar-refractivity contribution >= 4 is 5.97 Å². The molecule has 1 rings (SSSR count). The summed E-state index contributed by atoms with van der Waals surface area (Å²) >= 11 is 0. The van der Waals surface area contributed by atoms with Gasteiger partial charge in [-0.1, -0.05) is 19.1 Å². The topological polar surface area (TPSA) is 40.5 Å². The second-order valence-corrected chi connectivity index (χ2v) is 4.89. The third-order valence-electron chi connectivity index (χ3n) is 2.96. The van der Waals surface area contributed by atoms with Gasteiger partial charge in [-0.15, -0.1) is 0 Å². The Labute approximate surface area is 107 Å². The van der Waals surface area contributed by atoms with Gasteiger partial charge in [0.2, 0.25) is 0 Å². The van der Waals surface area contributed by atoms with Crippen LogP contribution in [0.15, 0.2) is 24.3 Å². The van der Waals surface area contributed by atoms with Gasteiger partial charge in [-0.25, -0.2) is 4.39 Å². The molecule has 0 aliphatic heterocycles. The first-order valence-electron chi connectivity index (χ1n) is 6.11. The number of rotatable bonds is 6. The molecule has 0 aromatic heterocycles. The van der Waals surface area contributed by atoms with Crippen molar-refractivity contribution in [1.82, 2.24) is 4.90 Å². The Morgan fingerprint density at radius 3 is 2.28 bits per heavy atom. The molecule has 1 unspecified atom stereocenters. The average Bonchev–Trinajstić information content (AvgIpc) is 2.30. The fraction of sp³-hybridized carbons (Fsp3) is 0.500. The quantitative estimate of drug-likeness (QED) is 0.847. The van der Waals surface area contributed by atoms with E-state index in [1.54, 1.807) is 19.1 Å². The summed E-state index contributed by atoms with van der Waals surface area (Å²) in [6, 6.07) is 6.56. The highest BCUT2D eigenvalue weighted by molar-refractivity contribution is 5.69. The smallest absolute Gasteiger partial charge is 0.307 e. The molecule has 4 heteroatoms. The fourth-order valence-electron chi connectivity index (χ4n) is 1.71. The molecule has 0 aliphatic carbocycles. The van der Waals surface area contributed by atoms with Crippen molar-refractivity contribution in [1.29, 1.82) is 0 Å². The molecule has 0 spiro atoms. The van der Waals surface area contributed by atoms with Crippen LogP contribution >= 0.6 is 0 Å².